The maximum atomic E-state index is 8.83. The van der Waals surface area contributed by atoms with Gasteiger partial charge in [0.1, 0.15) is 5.82 Å². The van der Waals surface area contributed by atoms with Crippen LogP contribution in [0.4, 0.5) is 5.82 Å². The SMILES string of the molecule is Cc1nc(NC2CC2)ccc1CCO. The molecule has 2 rings (SSSR count). The molecule has 1 aliphatic carbocycles. The second-order valence-electron chi connectivity index (χ2n) is 3.83. The molecular weight excluding hydrogens is 176 g/mol. The fourth-order valence-electron chi connectivity index (χ4n) is 1.49. The van der Waals surface area contributed by atoms with Gasteiger partial charge in [-0.2, -0.15) is 0 Å². The Morgan fingerprint density at radius 3 is 2.86 bits per heavy atom. The summed E-state index contributed by atoms with van der Waals surface area (Å²) in [5.41, 5.74) is 2.15. The summed E-state index contributed by atoms with van der Waals surface area (Å²) < 4.78 is 0. The zero-order chi connectivity index (χ0) is 9.97. The lowest BCUT2D eigenvalue weighted by Gasteiger charge is -2.07. The molecule has 0 bridgehead atoms. The Balaban J connectivity index is 2.08. The molecule has 0 aromatic carbocycles. The minimum absolute atomic E-state index is 0.192. The van der Waals surface area contributed by atoms with E-state index < -0.39 is 0 Å². The van der Waals surface area contributed by atoms with Crippen LogP contribution in [0.1, 0.15) is 24.1 Å². The molecule has 0 saturated heterocycles. The van der Waals surface area contributed by atoms with E-state index in [-0.39, 0.29) is 6.61 Å². The monoisotopic (exact) mass is 192 g/mol. The van der Waals surface area contributed by atoms with E-state index >= 15 is 0 Å². The minimum atomic E-state index is 0.192. The zero-order valence-electron chi connectivity index (χ0n) is 8.45. The first-order valence-corrected chi connectivity index (χ1v) is 5.13. The van der Waals surface area contributed by atoms with E-state index in [1.54, 1.807) is 0 Å². The fraction of sp³-hybridized carbons (Fsp3) is 0.545. The van der Waals surface area contributed by atoms with E-state index in [1.165, 1.54) is 12.8 Å². The quantitative estimate of drug-likeness (QED) is 0.760. The first-order valence-electron chi connectivity index (χ1n) is 5.13. The van der Waals surface area contributed by atoms with Gasteiger partial charge in [0.2, 0.25) is 0 Å². The fourth-order valence-corrected chi connectivity index (χ4v) is 1.49. The molecule has 0 radical (unpaired) electrons. The summed E-state index contributed by atoms with van der Waals surface area (Å²) in [5, 5.41) is 12.2. The molecule has 0 atom stereocenters. The van der Waals surface area contributed by atoms with Gasteiger partial charge in [-0.1, -0.05) is 6.07 Å². The van der Waals surface area contributed by atoms with Crippen molar-refractivity contribution in [3.05, 3.63) is 23.4 Å². The van der Waals surface area contributed by atoms with Crippen LogP contribution in [-0.2, 0) is 6.42 Å². The number of nitrogens with zero attached hydrogens (tertiary/aromatic N) is 1. The molecule has 2 N–H and O–H groups in total. The molecule has 1 aliphatic rings. The molecule has 1 saturated carbocycles. The number of anilines is 1. The Morgan fingerprint density at radius 1 is 1.50 bits per heavy atom. The van der Waals surface area contributed by atoms with Gasteiger partial charge in [0.15, 0.2) is 0 Å². The van der Waals surface area contributed by atoms with Gasteiger partial charge in [-0.15, -0.1) is 0 Å². The summed E-state index contributed by atoms with van der Waals surface area (Å²) in [6.07, 6.45) is 3.22. The number of aryl methyl sites for hydroxylation is 1. The summed E-state index contributed by atoms with van der Waals surface area (Å²) >= 11 is 0. The standard InChI is InChI=1S/C11H16N2O/c1-8-9(6-7-14)2-5-11(12-8)13-10-3-4-10/h2,5,10,14H,3-4,6-7H2,1H3,(H,12,13). The van der Waals surface area contributed by atoms with Crippen LogP contribution < -0.4 is 5.32 Å². The lowest BCUT2D eigenvalue weighted by Crippen LogP contribution is -2.05. The van der Waals surface area contributed by atoms with E-state index in [0.29, 0.717) is 12.5 Å². The summed E-state index contributed by atoms with van der Waals surface area (Å²) in [6.45, 7) is 2.18. The van der Waals surface area contributed by atoms with Gasteiger partial charge in [-0.3, -0.25) is 0 Å². The summed E-state index contributed by atoms with van der Waals surface area (Å²) in [4.78, 5) is 4.45. The second-order valence-corrected chi connectivity index (χ2v) is 3.83. The topological polar surface area (TPSA) is 45.2 Å². The number of rotatable bonds is 4. The molecule has 1 aromatic heterocycles. The number of aromatic nitrogens is 1. The van der Waals surface area contributed by atoms with E-state index in [0.717, 1.165) is 17.1 Å². The van der Waals surface area contributed by atoms with Crippen LogP contribution in [0.3, 0.4) is 0 Å². The Hall–Kier alpha value is -1.09. The maximum Gasteiger partial charge on any atom is 0.126 e. The smallest absolute Gasteiger partial charge is 0.126 e. The van der Waals surface area contributed by atoms with E-state index in [4.69, 9.17) is 5.11 Å². The van der Waals surface area contributed by atoms with Crippen molar-refractivity contribution in [1.82, 2.24) is 4.98 Å². The molecular formula is C11H16N2O. The second kappa shape index (κ2) is 3.96. The number of aliphatic hydroxyl groups excluding tert-OH is 1. The van der Waals surface area contributed by atoms with Gasteiger partial charge >= 0.3 is 0 Å². The van der Waals surface area contributed by atoms with Gasteiger partial charge in [0.05, 0.1) is 0 Å². The van der Waals surface area contributed by atoms with Crippen molar-refractivity contribution in [2.45, 2.75) is 32.2 Å². The van der Waals surface area contributed by atoms with Crippen molar-refractivity contribution < 1.29 is 5.11 Å². The lowest BCUT2D eigenvalue weighted by molar-refractivity contribution is 0.299. The van der Waals surface area contributed by atoms with Gasteiger partial charge in [0, 0.05) is 18.3 Å². The number of aliphatic hydroxyl groups is 1. The number of nitrogens with one attached hydrogen (secondary N) is 1. The normalized spacial score (nSPS) is 15.6. The highest BCUT2D eigenvalue weighted by Gasteiger charge is 2.21. The van der Waals surface area contributed by atoms with Crippen molar-refractivity contribution in [3.63, 3.8) is 0 Å². The average molecular weight is 192 g/mol. The Kier molecular flexibility index (Phi) is 2.68. The maximum absolute atomic E-state index is 8.83. The molecule has 0 unspecified atom stereocenters. The Labute approximate surface area is 84.2 Å². The lowest BCUT2D eigenvalue weighted by atomic mass is 10.1. The molecule has 0 aliphatic heterocycles. The highest BCUT2D eigenvalue weighted by atomic mass is 16.2. The van der Waals surface area contributed by atoms with Crippen LogP contribution >= 0.6 is 0 Å². The molecule has 1 fully saturated rings. The first kappa shape index (κ1) is 9.46. The number of pyridine rings is 1. The van der Waals surface area contributed by atoms with Crippen molar-refractivity contribution in [3.8, 4) is 0 Å². The molecule has 1 aromatic rings. The molecule has 14 heavy (non-hydrogen) atoms. The van der Waals surface area contributed by atoms with Gasteiger partial charge in [-0.25, -0.2) is 4.98 Å². The molecule has 76 valence electrons. The van der Waals surface area contributed by atoms with Gasteiger partial charge in [0.25, 0.3) is 0 Å². The average Bonchev–Trinajstić information content (AvgIpc) is 2.94. The summed E-state index contributed by atoms with van der Waals surface area (Å²) in [7, 11) is 0. The third kappa shape index (κ3) is 2.23. The van der Waals surface area contributed by atoms with Crippen LogP contribution in [0.15, 0.2) is 12.1 Å². The van der Waals surface area contributed by atoms with E-state index in [9.17, 15) is 0 Å². The van der Waals surface area contributed by atoms with E-state index in [1.807, 2.05) is 19.1 Å². The highest BCUT2D eigenvalue weighted by molar-refractivity contribution is 5.40. The Morgan fingerprint density at radius 2 is 2.29 bits per heavy atom. The van der Waals surface area contributed by atoms with Crippen molar-refractivity contribution in [1.29, 1.82) is 0 Å². The predicted molar refractivity (Wildman–Crippen MR) is 56.4 cm³/mol. The third-order valence-electron chi connectivity index (χ3n) is 2.51. The van der Waals surface area contributed by atoms with Gasteiger partial charge in [-0.05, 0) is 37.8 Å². The predicted octanol–water partition coefficient (Wildman–Crippen LogP) is 1.50. The van der Waals surface area contributed by atoms with Crippen LogP contribution in [0.5, 0.6) is 0 Å². The summed E-state index contributed by atoms with van der Waals surface area (Å²) in [5.74, 6) is 0.965. The van der Waals surface area contributed by atoms with Crippen LogP contribution in [-0.4, -0.2) is 22.7 Å². The number of hydrogen-bond donors (Lipinski definition) is 2. The summed E-state index contributed by atoms with van der Waals surface area (Å²) in [6, 6.07) is 4.69. The molecule has 0 spiro atoms. The minimum Gasteiger partial charge on any atom is -0.396 e. The Bertz CT molecular complexity index is 321. The molecule has 3 heteroatoms. The molecule has 0 amide bonds. The van der Waals surface area contributed by atoms with Crippen LogP contribution in [0.2, 0.25) is 0 Å². The highest BCUT2D eigenvalue weighted by Crippen LogP contribution is 2.24. The zero-order valence-corrected chi connectivity index (χ0v) is 8.45. The van der Waals surface area contributed by atoms with Crippen LogP contribution in [0, 0.1) is 6.92 Å². The van der Waals surface area contributed by atoms with Crippen molar-refractivity contribution in [2.75, 3.05) is 11.9 Å². The van der Waals surface area contributed by atoms with Crippen molar-refractivity contribution in [2.24, 2.45) is 0 Å². The largest absolute Gasteiger partial charge is 0.396 e. The molecule has 1 heterocycles. The van der Waals surface area contributed by atoms with Crippen LogP contribution in [0.25, 0.3) is 0 Å². The number of hydrogen-bond acceptors (Lipinski definition) is 3. The first-order chi connectivity index (χ1) is 6.79. The molecule has 3 nitrogen and oxygen atoms in total. The van der Waals surface area contributed by atoms with Crippen molar-refractivity contribution >= 4 is 5.82 Å². The third-order valence-corrected chi connectivity index (χ3v) is 2.51. The van der Waals surface area contributed by atoms with Gasteiger partial charge < -0.3 is 10.4 Å². The van der Waals surface area contributed by atoms with E-state index in [2.05, 4.69) is 10.3 Å².